The van der Waals surface area contributed by atoms with Gasteiger partial charge in [0.25, 0.3) is 0 Å². The lowest BCUT2D eigenvalue weighted by Crippen LogP contribution is -2.16. The predicted molar refractivity (Wildman–Crippen MR) is 128 cm³/mol. The molecular formula is C25H49FO4S. The SMILES string of the molecule is CCCCCCCCCCCCCCCC(=O)OS(=O)(=O)CCCCCCCCCF. The monoisotopic (exact) mass is 464 g/mol. The van der Waals surface area contributed by atoms with Crippen LogP contribution in [0, 0.1) is 0 Å². The van der Waals surface area contributed by atoms with Gasteiger partial charge in [-0.15, -0.1) is 0 Å². The number of hydrogen-bond donors (Lipinski definition) is 0. The van der Waals surface area contributed by atoms with Crippen LogP contribution in [-0.4, -0.2) is 26.8 Å². The molecule has 0 bridgehead atoms. The summed E-state index contributed by atoms with van der Waals surface area (Å²) in [6.07, 6.45) is 21.9. The maximum Gasteiger partial charge on any atom is 0.322 e. The van der Waals surface area contributed by atoms with E-state index in [0.29, 0.717) is 19.3 Å². The van der Waals surface area contributed by atoms with Crippen LogP contribution < -0.4 is 0 Å². The summed E-state index contributed by atoms with van der Waals surface area (Å²) in [5, 5.41) is 0. The van der Waals surface area contributed by atoms with E-state index in [0.717, 1.165) is 44.9 Å². The molecule has 0 saturated heterocycles. The van der Waals surface area contributed by atoms with Crippen LogP contribution >= 0.6 is 0 Å². The third-order valence-corrected chi connectivity index (χ3v) is 6.96. The Labute approximate surface area is 192 Å². The van der Waals surface area contributed by atoms with Crippen molar-refractivity contribution in [2.75, 3.05) is 12.4 Å². The molecule has 0 saturated carbocycles. The third-order valence-electron chi connectivity index (χ3n) is 5.73. The lowest BCUT2D eigenvalue weighted by molar-refractivity contribution is -0.133. The van der Waals surface area contributed by atoms with Crippen molar-refractivity contribution in [2.24, 2.45) is 0 Å². The highest BCUT2D eigenvalue weighted by molar-refractivity contribution is 7.87. The van der Waals surface area contributed by atoms with Gasteiger partial charge in [0, 0.05) is 6.42 Å². The van der Waals surface area contributed by atoms with Crippen molar-refractivity contribution in [1.82, 2.24) is 0 Å². The van der Waals surface area contributed by atoms with E-state index in [1.165, 1.54) is 64.2 Å². The van der Waals surface area contributed by atoms with Crippen LogP contribution in [0.5, 0.6) is 0 Å². The minimum absolute atomic E-state index is 0.0954. The van der Waals surface area contributed by atoms with Crippen molar-refractivity contribution < 1.29 is 21.8 Å². The maximum absolute atomic E-state index is 12.0. The van der Waals surface area contributed by atoms with Crippen molar-refractivity contribution in [3.05, 3.63) is 0 Å². The largest absolute Gasteiger partial charge is 0.346 e. The van der Waals surface area contributed by atoms with Gasteiger partial charge in [0.2, 0.25) is 0 Å². The minimum Gasteiger partial charge on any atom is -0.346 e. The van der Waals surface area contributed by atoms with E-state index in [1.54, 1.807) is 0 Å². The van der Waals surface area contributed by atoms with Crippen LogP contribution in [0.25, 0.3) is 0 Å². The van der Waals surface area contributed by atoms with Gasteiger partial charge in [-0.2, -0.15) is 8.42 Å². The standard InChI is InChI=1S/C25H49FO4S/c1-2-3-4-5-6-7-8-9-10-11-13-16-19-22-25(27)30-31(28,29)24-21-18-15-12-14-17-20-23-26/h2-24H2,1H3. The quantitative estimate of drug-likeness (QED) is 0.107. The van der Waals surface area contributed by atoms with E-state index in [4.69, 9.17) is 4.18 Å². The fourth-order valence-corrected chi connectivity index (χ4v) is 4.78. The van der Waals surface area contributed by atoms with Gasteiger partial charge in [-0.05, 0) is 19.3 Å². The summed E-state index contributed by atoms with van der Waals surface area (Å²) in [6.45, 7) is 1.98. The molecule has 31 heavy (non-hydrogen) atoms. The summed E-state index contributed by atoms with van der Waals surface area (Å²) in [4.78, 5) is 11.8. The second kappa shape index (κ2) is 22.5. The number of unbranched alkanes of at least 4 members (excludes halogenated alkanes) is 18. The van der Waals surface area contributed by atoms with Gasteiger partial charge >= 0.3 is 16.1 Å². The highest BCUT2D eigenvalue weighted by Gasteiger charge is 2.16. The first-order valence-electron chi connectivity index (χ1n) is 13.0. The summed E-state index contributed by atoms with van der Waals surface area (Å²) < 4.78 is 40.4. The molecule has 0 amide bonds. The highest BCUT2D eigenvalue weighted by Crippen LogP contribution is 2.14. The molecule has 0 N–H and O–H groups in total. The second-order valence-corrected chi connectivity index (χ2v) is 10.6. The van der Waals surface area contributed by atoms with Crippen LogP contribution in [-0.2, 0) is 19.1 Å². The van der Waals surface area contributed by atoms with Crippen LogP contribution in [0.3, 0.4) is 0 Å². The molecule has 0 aliphatic heterocycles. The second-order valence-electron chi connectivity index (χ2n) is 8.87. The number of hydrogen-bond acceptors (Lipinski definition) is 4. The van der Waals surface area contributed by atoms with Gasteiger partial charge in [-0.1, -0.05) is 116 Å². The number of carbonyl (C=O) groups is 1. The highest BCUT2D eigenvalue weighted by atomic mass is 32.2. The fraction of sp³-hybridized carbons (Fsp3) is 0.960. The molecule has 0 aromatic carbocycles. The Bertz CT molecular complexity index is 494. The van der Waals surface area contributed by atoms with Crippen LogP contribution in [0.4, 0.5) is 4.39 Å². The van der Waals surface area contributed by atoms with Crippen LogP contribution in [0.15, 0.2) is 0 Å². The molecule has 0 spiro atoms. The summed E-state index contributed by atoms with van der Waals surface area (Å²) in [5.74, 6) is -0.712. The van der Waals surface area contributed by atoms with E-state index < -0.39 is 16.1 Å². The molecule has 0 heterocycles. The first-order valence-corrected chi connectivity index (χ1v) is 14.6. The van der Waals surface area contributed by atoms with Crippen molar-refractivity contribution in [3.63, 3.8) is 0 Å². The summed E-state index contributed by atoms with van der Waals surface area (Å²) >= 11 is 0. The van der Waals surface area contributed by atoms with Gasteiger partial charge in [-0.25, -0.2) is 0 Å². The first kappa shape index (κ1) is 30.4. The number of alkyl halides is 1. The summed E-state index contributed by atoms with van der Waals surface area (Å²) in [6, 6.07) is 0. The van der Waals surface area contributed by atoms with Crippen LogP contribution in [0.2, 0.25) is 0 Å². The molecule has 0 rings (SSSR count). The lowest BCUT2D eigenvalue weighted by Gasteiger charge is -2.06. The maximum atomic E-state index is 12.0. The molecule has 0 aromatic rings. The molecular weight excluding hydrogens is 415 g/mol. The van der Waals surface area contributed by atoms with Crippen molar-refractivity contribution in [2.45, 2.75) is 142 Å². The van der Waals surface area contributed by atoms with Gasteiger partial charge in [-0.3, -0.25) is 9.18 Å². The molecule has 186 valence electrons. The van der Waals surface area contributed by atoms with Crippen molar-refractivity contribution in [3.8, 4) is 0 Å². The Morgan fingerprint density at radius 2 is 1.00 bits per heavy atom. The fourth-order valence-electron chi connectivity index (χ4n) is 3.77. The molecule has 0 unspecified atom stereocenters. The Kier molecular flexibility index (Phi) is 22.1. The van der Waals surface area contributed by atoms with Gasteiger partial charge in [0.05, 0.1) is 12.4 Å². The molecule has 0 aliphatic carbocycles. The average Bonchev–Trinajstić information content (AvgIpc) is 2.73. The number of carbonyl (C=O) groups excluding carboxylic acids is 1. The molecule has 0 atom stereocenters. The van der Waals surface area contributed by atoms with Crippen LogP contribution in [0.1, 0.15) is 142 Å². The Morgan fingerprint density at radius 3 is 1.45 bits per heavy atom. The van der Waals surface area contributed by atoms with E-state index in [2.05, 4.69) is 6.92 Å². The third kappa shape index (κ3) is 23.8. The topological polar surface area (TPSA) is 60.4 Å². The molecule has 0 aliphatic rings. The summed E-state index contributed by atoms with van der Waals surface area (Å²) in [7, 11) is -3.75. The molecule has 0 fully saturated rings. The van der Waals surface area contributed by atoms with Gasteiger partial charge < -0.3 is 4.18 Å². The Morgan fingerprint density at radius 1 is 0.613 bits per heavy atom. The molecule has 4 nitrogen and oxygen atoms in total. The van der Waals surface area contributed by atoms with Crippen molar-refractivity contribution >= 4 is 16.1 Å². The number of halogens is 1. The Hall–Kier alpha value is -0.650. The smallest absolute Gasteiger partial charge is 0.322 e. The summed E-state index contributed by atoms with van der Waals surface area (Å²) in [5.41, 5.74) is 0. The number of rotatable bonds is 24. The van der Waals surface area contributed by atoms with Gasteiger partial charge in [0.15, 0.2) is 0 Å². The molecule has 6 heteroatoms. The van der Waals surface area contributed by atoms with E-state index in [1.807, 2.05) is 0 Å². The zero-order chi connectivity index (χ0) is 23.0. The molecule has 0 aromatic heterocycles. The average molecular weight is 465 g/mol. The van der Waals surface area contributed by atoms with E-state index in [-0.39, 0.29) is 18.8 Å². The minimum atomic E-state index is -3.75. The predicted octanol–water partition coefficient (Wildman–Crippen LogP) is 8.04. The van der Waals surface area contributed by atoms with E-state index >= 15 is 0 Å². The normalized spacial score (nSPS) is 11.7. The lowest BCUT2D eigenvalue weighted by atomic mass is 10.0. The van der Waals surface area contributed by atoms with E-state index in [9.17, 15) is 17.6 Å². The van der Waals surface area contributed by atoms with Crippen molar-refractivity contribution in [1.29, 1.82) is 0 Å². The molecule has 0 radical (unpaired) electrons. The zero-order valence-electron chi connectivity index (χ0n) is 20.2. The first-order chi connectivity index (χ1) is 15.0. The van der Waals surface area contributed by atoms with Gasteiger partial charge in [0.1, 0.15) is 0 Å². The Balaban J connectivity index is 3.47. The zero-order valence-corrected chi connectivity index (χ0v) is 21.0.